The molecule has 0 heterocycles. The van der Waals surface area contributed by atoms with Gasteiger partial charge in [-0.15, -0.1) is 0 Å². The number of anilines is 1. The van der Waals surface area contributed by atoms with E-state index >= 15 is 0 Å². The molecule has 74 valence electrons. The van der Waals surface area contributed by atoms with Gasteiger partial charge in [-0.1, -0.05) is 23.4 Å². The molecule has 0 fully saturated rings. The number of hydrogen-bond donors (Lipinski definition) is 2. The van der Waals surface area contributed by atoms with Gasteiger partial charge in [0.1, 0.15) is 0 Å². The first-order valence-electron chi connectivity index (χ1n) is 4.28. The molecule has 0 aliphatic heterocycles. The van der Waals surface area contributed by atoms with E-state index in [9.17, 15) is 0 Å². The van der Waals surface area contributed by atoms with E-state index in [1.54, 1.807) is 13.8 Å². The zero-order chi connectivity index (χ0) is 10.4. The normalized spacial score (nSPS) is 12.7. The first-order valence-corrected chi connectivity index (χ1v) is 4.28. The highest BCUT2D eigenvalue weighted by molar-refractivity contribution is 6.40. The molecular weight excluding hydrogens is 178 g/mol. The molecule has 4 nitrogen and oxygen atoms in total. The molecule has 0 aliphatic carbocycles. The highest BCUT2D eigenvalue weighted by Gasteiger charge is 1.95. The summed E-state index contributed by atoms with van der Waals surface area (Å²) < 4.78 is 0. The maximum Gasteiger partial charge on any atom is 0.0993 e. The Labute approximate surface area is 83.0 Å². The van der Waals surface area contributed by atoms with Crippen LogP contribution in [0.1, 0.15) is 13.8 Å². The van der Waals surface area contributed by atoms with E-state index in [4.69, 9.17) is 5.21 Å². The molecule has 0 atom stereocenters. The fraction of sp³-hybridized carbons (Fsp3) is 0.200. The van der Waals surface area contributed by atoms with Crippen LogP contribution in [-0.4, -0.2) is 16.6 Å². The molecule has 0 amide bonds. The lowest BCUT2D eigenvalue weighted by Crippen LogP contribution is -2.07. The number of benzene rings is 1. The molecule has 1 aromatic carbocycles. The fourth-order valence-electron chi connectivity index (χ4n) is 0.814. The number of nitrogens with one attached hydrogen (secondary N) is 1. The summed E-state index contributed by atoms with van der Waals surface area (Å²) in [5.74, 6) is 0. The molecule has 0 aromatic heterocycles. The molecule has 0 bridgehead atoms. The van der Waals surface area contributed by atoms with Gasteiger partial charge in [-0.05, 0) is 26.0 Å². The lowest BCUT2D eigenvalue weighted by molar-refractivity contribution is 0.320. The van der Waals surface area contributed by atoms with Crippen molar-refractivity contribution in [3.05, 3.63) is 30.3 Å². The third kappa shape index (κ3) is 2.90. The maximum absolute atomic E-state index is 8.48. The second-order valence-electron chi connectivity index (χ2n) is 2.86. The molecule has 0 radical (unpaired) electrons. The van der Waals surface area contributed by atoms with E-state index in [-0.39, 0.29) is 0 Å². The number of rotatable bonds is 3. The Morgan fingerprint density at radius 1 is 1.14 bits per heavy atom. The van der Waals surface area contributed by atoms with Crippen molar-refractivity contribution in [1.82, 2.24) is 0 Å². The second kappa shape index (κ2) is 5.01. The molecule has 14 heavy (non-hydrogen) atoms. The van der Waals surface area contributed by atoms with Gasteiger partial charge in [0.15, 0.2) is 0 Å². The Hall–Kier alpha value is -1.84. The first-order chi connectivity index (χ1) is 6.74. The molecule has 0 unspecified atom stereocenters. The molecule has 1 rings (SSSR count). The van der Waals surface area contributed by atoms with Crippen LogP contribution in [0.5, 0.6) is 0 Å². The van der Waals surface area contributed by atoms with Crippen molar-refractivity contribution >= 4 is 17.1 Å². The summed E-state index contributed by atoms with van der Waals surface area (Å²) in [6, 6.07) is 9.58. The van der Waals surface area contributed by atoms with Gasteiger partial charge in [0.2, 0.25) is 0 Å². The van der Waals surface area contributed by atoms with Crippen molar-refractivity contribution in [2.75, 3.05) is 5.43 Å². The molecule has 0 spiro atoms. The molecule has 0 aliphatic rings. The van der Waals surface area contributed by atoms with E-state index in [1.165, 1.54) is 0 Å². The second-order valence-corrected chi connectivity index (χ2v) is 2.86. The van der Waals surface area contributed by atoms with E-state index in [0.717, 1.165) is 5.69 Å². The van der Waals surface area contributed by atoms with Crippen molar-refractivity contribution in [1.29, 1.82) is 0 Å². The molecular formula is C10H13N3O. The van der Waals surface area contributed by atoms with Crippen LogP contribution in [0.4, 0.5) is 5.69 Å². The molecule has 0 saturated heterocycles. The molecule has 1 aromatic rings. The van der Waals surface area contributed by atoms with Crippen molar-refractivity contribution in [3.63, 3.8) is 0 Å². The highest BCUT2D eigenvalue weighted by atomic mass is 16.4. The minimum atomic E-state index is 0.494. The minimum Gasteiger partial charge on any atom is -0.411 e. The van der Waals surface area contributed by atoms with Gasteiger partial charge < -0.3 is 5.21 Å². The van der Waals surface area contributed by atoms with Crippen LogP contribution < -0.4 is 5.43 Å². The Morgan fingerprint density at radius 3 is 2.36 bits per heavy atom. The number of para-hydroxylation sites is 1. The van der Waals surface area contributed by atoms with Gasteiger partial charge in [-0.2, -0.15) is 5.10 Å². The smallest absolute Gasteiger partial charge is 0.0993 e. The van der Waals surface area contributed by atoms with Gasteiger partial charge in [0.25, 0.3) is 0 Å². The van der Waals surface area contributed by atoms with Crippen molar-refractivity contribution < 1.29 is 5.21 Å². The lowest BCUT2D eigenvalue weighted by atomic mass is 10.3. The summed E-state index contributed by atoms with van der Waals surface area (Å²) in [6.45, 7) is 3.45. The van der Waals surface area contributed by atoms with Gasteiger partial charge in [0, 0.05) is 0 Å². The van der Waals surface area contributed by atoms with Crippen LogP contribution in [0.25, 0.3) is 0 Å². The van der Waals surface area contributed by atoms with Crippen LogP contribution in [0.15, 0.2) is 40.6 Å². The van der Waals surface area contributed by atoms with Crippen LogP contribution in [0.2, 0.25) is 0 Å². The molecule has 2 N–H and O–H groups in total. The van der Waals surface area contributed by atoms with Crippen LogP contribution in [-0.2, 0) is 0 Å². The monoisotopic (exact) mass is 191 g/mol. The highest BCUT2D eigenvalue weighted by Crippen LogP contribution is 2.04. The van der Waals surface area contributed by atoms with Crippen molar-refractivity contribution in [2.24, 2.45) is 10.3 Å². The number of nitrogens with zero attached hydrogens (tertiary/aromatic N) is 2. The fourth-order valence-corrected chi connectivity index (χ4v) is 0.814. The Morgan fingerprint density at radius 2 is 1.79 bits per heavy atom. The average Bonchev–Trinajstić information content (AvgIpc) is 2.26. The lowest BCUT2D eigenvalue weighted by Gasteiger charge is -2.01. The molecule has 4 heteroatoms. The Bertz CT molecular complexity index is 344. The van der Waals surface area contributed by atoms with E-state index in [2.05, 4.69) is 15.7 Å². The van der Waals surface area contributed by atoms with E-state index in [1.807, 2.05) is 30.3 Å². The quantitative estimate of drug-likeness (QED) is 0.437. The van der Waals surface area contributed by atoms with E-state index < -0.39 is 0 Å². The molecule has 0 saturated carbocycles. The van der Waals surface area contributed by atoms with Crippen LogP contribution in [0.3, 0.4) is 0 Å². The standard InChI is InChI=1S/C10H13N3O/c1-8(9(2)13-14)11-12-10-6-4-3-5-7-10/h3-7,12,14H,1-2H3/b11-8+,13-9+. The third-order valence-corrected chi connectivity index (χ3v) is 1.80. The number of oxime groups is 1. The maximum atomic E-state index is 8.48. The van der Waals surface area contributed by atoms with Gasteiger partial charge >= 0.3 is 0 Å². The van der Waals surface area contributed by atoms with Gasteiger partial charge in [0.05, 0.1) is 17.1 Å². The number of hydrogen-bond acceptors (Lipinski definition) is 4. The Kier molecular flexibility index (Phi) is 3.67. The Balaban J connectivity index is 2.64. The summed E-state index contributed by atoms with van der Waals surface area (Å²) in [5.41, 5.74) is 4.90. The average molecular weight is 191 g/mol. The van der Waals surface area contributed by atoms with Crippen LogP contribution >= 0.6 is 0 Å². The van der Waals surface area contributed by atoms with Crippen LogP contribution in [0, 0.1) is 0 Å². The predicted octanol–water partition coefficient (Wildman–Crippen LogP) is 2.32. The van der Waals surface area contributed by atoms with Crippen molar-refractivity contribution in [3.8, 4) is 0 Å². The summed E-state index contributed by atoms with van der Waals surface area (Å²) in [5, 5.41) is 15.6. The van der Waals surface area contributed by atoms with E-state index in [0.29, 0.717) is 11.4 Å². The SMILES string of the molecule is CC(=N\O)/C(C)=N/Nc1ccccc1. The summed E-state index contributed by atoms with van der Waals surface area (Å²) in [4.78, 5) is 0. The minimum absolute atomic E-state index is 0.494. The van der Waals surface area contributed by atoms with Gasteiger partial charge in [-0.3, -0.25) is 5.43 Å². The zero-order valence-corrected chi connectivity index (χ0v) is 8.23. The summed E-state index contributed by atoms with van der Waals surface area (Å²) in [6.07, 6.45) is 0. The largest absolute Gasteiger partial charge is 0.411 e. The summed E-state index contributed by atoms with van der Waals surface area (Å²) >= 11 is 0. The van der Waals surface area contributed by atoms with Gasteiger partial charge in [-0.25, -0.2) is 0 Å². The predicted molar refractivity (Wildman–Crippen MR) is 58.1 cm³/mol. The summed E-state index contributed by atoms with van der Waals surface area (Å²) in [7, 11) is 0. The first kappa shape index (κ1) is 10.2. The zero-order valence-electron chi connectivity index (χ0n) is 8.23. The topological polar surface area (TPSA) is 57.0 Å². The van der Waals surface area contributed by atoms with Crippen molar-refractivity contribution in [2.45, 2.75) is 13.8 Å². The third-order valence-electron chi connectivity index (χ3n) is 1.80. The number of hydrazone groups is 1.